The van der Waals surface area contributed by atoms with Crippen molar-refractivity contribution in [3.05, 3.63) is 57.4 Å². The number of carbonyl (C=O) groups excluding carboxylic acids is 2. The molecule has 236 valence electrons. The van der Waals surface area contributed by atoms with Gasteiger partial charge in [-0.2, -0.15) is 0 Å². The minimum Gasteiger partial charge on any atom is -0.458 e. The zero-order valence-corrected chi connectivity index (χ0v) is 26.3. The number of unbranched alkanes of at least 4 members (excludes halogenated alkanes) is 12. The summed E-state index contributed by atoms with van der Waals surface area (Å²) < 4.78 is 12.6. The predicted molar refractivity (Wildman–Crippen MR) is 170 cm³/mol. The van der Waals surface area contributed by atoms with Crippen molar-refractivity contribution in [2.45, 2.75) is 129 Å². The first-order valence-corrected chi connectivity index (χ1v) is 16.7. The second-order valence-electron chi connectivity index (χ2n) is 12.4. The van der Waals surface area contributed by atoms with Gasteiger partial charge in [0.15, 0.2) is 5.60 Å². The van der Waals surface area contributed by atoms with Gasteiger partial charge in [0.25, 0.3) is 5.56 Å². The molecule has 44 heavy (non-hydrogen) atoms. The summed E-state index contributed by atoms with van der Waals surface area (Å²) in [5.41, 5.74) is 1.03. The topological polar surface area (TPSA) is 108 Å². The van der Waals surface area contributed by atoms with Gasteiger partial charge in [0.1, 0.15) is 12.4 Å². The first-order valence-electron chi connectivity index (χ1n) is 16.7. The second-order valence-corrected chi connectivity index (χ2v) is 12.4. The van der Waals surface area contributed by atoms with Crippen LogP contribution >= 0.6 is 0 Å². The third-order valence-corrected chi connectivity index (χ3v) is 9.22. The number of esters is 2. The van der Waals surface area contributed by atoms with E-state index in [4.69, 9.17) is 14.5 Å². The normalized spacial score (nSPS) is 16.8. The summed E-state index contributed by atoms with van der Waals surface area (Å²) in [6.07, 6.45) is 16.8. The van der Waals surface area contributed by atoms with Crippen LogP contribution in [0.4, 0.5) is 0 Å². The van der Waals surface area contributed by atoms with Gasteiger partial charge < -0.3 is 19.1 Å². The minimum atomic E-state index is -1.86. The molecule has 0 saturated carbocycles. The van der Waals surface area contributed by atoms with Crippen LogP contribution in [0.25, 0.3) is 22.3 Å². The zero-order valence-electron chi connectivity index (χ0n) is 26.3. The summed E-state index contributed by atoms with van der Waals surface area (Å²) >= 11 is 0. The van der Waals surface area contributed by atoms with Gasteiger partial charge in [0.05, 0.1) is 29.0 Å². The number of hydrogen-bond donors (Lipinski definition) is 1. The first kappa shape index (κ1) is 31.9. The van der Waals surface area contributed by atoms with Crippen LogP contribution in [0.3, 0.4) is 0 Å². The first-order chi connectivity index (χ1) is 21.4. The van der Waals surface area contributed by atoms with Gasteiger partial charge in [-0.05, 0) is 37.1 Å². The van der Waals surface area contributed by atoms with E-state index in [9.17, 15) is 19.5 Å². The molecule has 5 rings (SSSR count). The number of cyclic esters (lactones) is 1. The fraction of sp³-hybridized carbons (Fsp3) is 0.556. The Morgan fingerprint density at radius 3 is 2.27 bits per heavy atom. The van der Waals surface area contributed by atoms with Gasteiger partial charge in [-0.15, -0.1) is 0 Å². The molecule has 0 unspecified atom stereocenters. The molecule has 3 aromatic rings. The van der Waals surface area contributed by atoms with Crippen LogP contribution in [0, 0.1) is 0 Å². The highest BCUT2D eigenvalue weighted by atomic mass is 16.6. The van der Waals surface area contributed by atoms with Crippen LogP contribution in [0.5, 0.6) is 5.75 Å². The van der Waals surface area contributed by atoms with E-state index in [0.29, 0.717) is 41.0 Å². The van der Waals surface area contributed by atoms with E-state index in [0.717, 1.165) is 24.8 Å². The summed E-state index contributed by atoms with van der Waals surface area (Å²) in [6.45, 7) is 4.06. The quantitative estimate of drug-likeness (QED) is 0.0805. The van der Waals surface area contributed by atoms with Gasteiger partial charge >= 0.3 is 11.9 Å². The largest absolute Gasteiger partial charge is 0.458 e. The Bertz CT molecular complexity index is 1560. The van der Waals surface area contributed by atoms with Crippen molar-refractivity contribution in [1.82, 2.24) is 9.55 Å². The fourth-order valence-electron chi connectivity index (χ4n) is 6.53. The number of benzene rings is 1. The van der Waals surface area contributed by atoms with E-state index < -0.39 is 11.6 Å². The summed E-state index contributed by atoms with van der Waals surface area (Å²) in [7, 11) is 0. The van der Waals surface area contributed by atoms with Crippen LogP contribution in [0.1, 0.15) is 127 Å². The van der Waals surface area contributed by atoms with Gasteiger partial charge in [0, 0.05) is 22.9 Å². The van der Waals surface area contributed by atoms with Crippen molar-refractivity contribution in [3.63, 3.8) is 0 Å². The SMILES string of the molecule is CCCCCCCCCCCCCCCC(=O)Oc1cccc2nc3c(cc12)Cn1c-3cc2c(c1=O)COC(=O)[C@]2(O)CC. The average Bonchev–Trinajstić information content (AvgIpc) is 3.38. The van der Waals surface area contributed by atoms with E-state index in [1.54, 1.807) is 29.7 Å². The number of rotatable bonds is 16. The van der Waals surface area contributed by atoms with E-state index in [2.05, 4.69) is 6.92 Å². The van der Waals surface area contributed by atoms with Crippen molar-refractivity contribution in [3.8, 4) is 17.1 Å². The number of pyridine rings is 2. The number of ether oxygens (including phenoxy) is 2. The molecule has 0 spiro atoms. The number of fused-ring (bicyclic) bond motifs is 5. The summed E-state index contributed by atoms with van der Waals surface area (Å²) in [4.78, 5) is 43.4. The third-order valence-electron chi connectivity index (χ3n) is 9.22. The summed E-state index contributed by atoms with van der Waals surface area (Å²) in [5, 5.41) is 11.8. The zero-order chi connectivity index (χ0) is 31.1. The molecule has 0 fully saturated rings. The van der Waals surface area contributed by atoms with E-state index >= 15 is 0 Å². The maximum Gasteiger partial charge on any atom is 0.343 e. The van der Waals surface area contributed by atoms with E-state index in [-0.39, 0.29) is 35.7 Å². The monoisotopic (exact) mass is 602 g/mol. The molecular weight excluding hydrogens is 556 g/mol. The van der Waals surface area contributed by atoms with Crippen LogP contribution in [0.2, 0.25) is 0 Å². The molecule has 1 aromatic carbocycles. The number of nitrogens with zero attached hydrogens (tertiary/aromatic N) is 2. The Hall–Kier alpha value is -3.52. The molecule has 0 bridgehead atoms. The highest BCUT2D eigenvalue weighted by Crippen LogP contribution is 2.39. The highest BCUT2D eigenvalue weighted by molar-refractivity contribution is 5.91. The molecule has 0 aliphatic carbocycles. The van der Waals surface area contributed by atoms with Crippen LogP contribution in [-0.4, -0.2) is 26.6 Å². The molecule has 4 heterocycles. The van der Waals surface area contributed by atoms with Crippen molar-refractivity contribution in [2.24, 2.45) is 0 Å². The van der Waals surface area contributed by atoms with Crippen LogP contribution in [-0.2, 0) is 33.1 Å². The molecule has 8 heteroatoms. The maximum absolute atomic E-state index is 13.4. The molecule has 2 aliphatic heterocycles. The van der Waals surface area contributed by atoms with Crippen molar-refractivity contribution < 1.29 is 24.2 Å². The number of aliphatic hydroxyl groups is 1. The molecule has 1 atom stereocenters. The Labute approximate surface area is 259 Å². The molecule has 2 aromatic heterocycles. The molecule has 2 aliphatic rings. The van der Waals surface area contributed by atoms with Gasteiger partial charge in [-0.1, -0.05) is 97.0 Å². The number of carbonyl (C=O) groups is 2. The molecule has 1 N–H and O–H groups in total. The molecular formula is C36H46N2O6. The Morgan fingerprint density at radius 2 is 1.61 bits per heavy atom. The van der Waals surface area contributed by atoms with Crippen molar-refractivity contribution in [1.29, 1.82) is 0 Å². The lowest BCUT2D eigenvalue weighted by Gasteiger charge is -2.31. The maximum atomic E-state index is 13.4. The number of hydrogen-bond acceptors (Lipinski definition) is 7. The molecule has 0 radical (unpaired) electrons. The Morgan fingerprint density at radius 1 is 0.955 bits per heavy atom. The van der Waals surface area contributed by atoms with Crippen LogP contribution < -0.4 is 10.3 Å². The Balaban J connectivity index is 1.16. The Kier molecular flexibility index (Phi) is 10.5. The summed E-state index contributed by atoms with van der Waals surface area (Å²) in [6, 6.07) is 9.04. The molecule has 0 amide bonds. The summed E-state index contributed by atoms with van der Waals surface area (Å²) in [5.74, 6) is -0.539. The number of aromatic nitrogens is 2. The average molecular weight is 603 g/mol. The van der Waals surface area contributed by atoms with Gasteiger partial charge in [0.2, 0.25) is 0 Å². The standard InChI is InChI=1S/C36H46N2O6/c1-3-5-6-7-8-9-10-11-12-13-14-15-16-20-32(39)44-31-19-17-18-29-26(31)21-25-23-38-30(33(25)37-29)22-28-27(34(38)40)24-43-35(41)36(28,42)4-2/h17-19,21-22,42H,3-16,20,23-24H2,1-2H3/t36-/m0/s1. The van der Waals surface area contributed by atoms with Crippen molar-refractivity contribution in [2.75, 3.05) is 0 Å². The second kappa shape index (κ2) is 14.5. The van der Waals surface area contributed by atoms with Crippen LogP contribution in [0.15, 0.2) is 35.1 Å². The van der Waals surface area contributed by atoms with Gasteiger partial charge in [-0.25, -0.2) is 9.78 Å². The van der Waals surface area contributed by atoms with Gasteiger partial charge in [-0.3, -0.25) is 9.59 Å². The van der Waals surface area contributed by atoms with E-state index in [1.807, 2.05) is 12.1 Å². The minimum absolute atomic E-state index is 0.0910. The van der Waals surface area contributed by atoms with E-state index in [1.165, 1.54) is 64.2 Å². The smallest absolute Gasteiger partial charge is 0.343 e. The third kappa shape index (κ3) is 6.75. The fourth-order valence-corrected chi connectivity index (χ4v) is 6.53. The van der Waals surface area contributed by atoms with Crippen molar-refractivity contribution >= 4 is 22.8 Å². The lowest BCUT2D eigenvalue weighted by atomic mass is 9.86. The molecule has 0 saturated heterocycles. The highest BCUT2D eigenvalue weighted by Gasteiger charge is 2.45. The predicted octanol–water partition coefficient (Wildman–Crippen LogP) is 7.47. The lowest BCUT2D eigenvalue weighted by Crippen LogP contribution is -2.44. The lowest BCUT2D eigenvalue weighted by molar-refractivity contribution is -0.172. The molecule has 8 nitrogen and oxygen atoms in total.